The fraction of sp³-hybridized carbons (Fsp3) is 0.310. The molecule has 0 aliphatic heterocycles. The van der Waals surface area contributed by atoms with Gasteiger partial charge in [-0.05, 0) is 48.7 Å². The van der Waals surface area contributed by atoms with Gasteiger partial charge in [0, 0.05) is 18.1 Å². The maximum Gasteiger partial charge on any atom is 0.264 e. The van der Waals surface area contributed by atoms with E-state index in [2.05, 4.69) is 5.32 Å². The number of rotatable bonds is 13. The molecule has 0 aromatic heterocycles. The van der Waals surface area contributed by atoms with E-state index in [4.69, 9.17) is 23.2 Å². The molecule has 3 aromatic rings. The second kappa shape index (κ2) is 14.4. The summed E-state index contributed by atoms with van der Waals surface area (Å²) in [5.41, 5.74) is 0.922. The van der Waals surface area contributed by atoms with Crippen molar-refractivity contribution < 1.29 is 18.0 Å². The third-order valence-corrected chi connectivity index (χ3v) is 8.51. The maximum absolute atomic E-state index is 14.0. The molecule has 10 heteroatoms. The summed E-state index contributed by atoms with van der Waals surface area (Å²) in [6.45, 7) is 3.91. The third-order valence-electron chi connectivity index (χ3n) is 6.20. The molecule has 1 atom stereocenters. The highest BCUT2D eigenvalue weighted by molar-refractivity contribution is 7.92. The Labute approximate surface area is 240 Å². The van der Waals surface area contributed by atoms with Crippen LogP contribution < -0.4 is 9.62 Å². The van der Waals surface area contributed by atoms with Crippen LogP contribution in [-0.4, -0.2) is 44.3 Å². The van der Waals surface area contributed by atoms with Crippen molar-refractivity contribution in [3.8, 4) is 0 Å². The average Bonchev–Trinajstić information content (AvgIpc) is 2.93. The number of carbonyl (C=O) groups excluding carboxylic acids is 2. The minimum Gasteiger partial charge on any atom is -0.354 e. The number of anilines is 1. The van der Waals surface area contributed by atoms with Crippen LogP contribution in [0.5, 0.6) is 0 Å². The van der Waals surface area contributed by atoms with Gasteiger partial charge in [-0.25, -0.2) is 8.42 Å². The number of unbranched alkanes of at least 4 members (excludes halogenated alkanes) is 1. The number of carbonyl (C=O) groups is 2. The smallest absolute Gasteiger partial charge is 0.264 e. The van der Waals surface area contributed by atoms with Crippen LogP contribution >= 0.6 is 23.2 Å². The topological polar surface area (TPSA) is 86.8 Å². The SMILES string of the molecule is CCCCNC(=O)[C@@H](CC)N(Cc1ccccc1)C(=O)CN(c1ccc(Cl)cc1Cl)S(=O)(=O)c1ccccc1. The molecule has 0 saturated carbocycles. The zero-order chi connectivity index (χ0) is 28.4. The molecule has 0 saturated heterocycles. The first-order valence-corrected chi connectivity index (χ1v) is 15.0. The summed E-state index contributed by atoms with van der Waals surface area (Å²) in [5, 5.41) is 3.32. The molecule has 0 spiro atoms. The molecule has 3 aromatic carbocycles. The lowest BCUT2D eigenvalue weighted by atomic mass is 10.1. The highest BCUT2D eigenvalue weighted by Gasteiger charge is 2.34. The minimum absolute atomic E-state index is 0.00257. The Morgan fingerprint density at radius 1 is 0.923 bits per heavy atom. The average molecular weight is 591 g/mol. The first kappa shape index (κ1) is 30.5. The van der Waals surface area contributed by atoms with E-state index in [1.54, 1.807) is 18.2 Å². The first-order chi connectivity index (χ1) is 18.7. The molecule has 7 nitrogen and oxygen atoms in total. The fourth-order valence-electron chi connectivity index (χ4n) is 4.12. The monoisotopic (exact) mass is 589 g/mol. The van der Waals surface area contributed by atoms with Crippen molar-refractivity contribution in [3.05, 3.63) is 94.5 Å². The van der Waals surface area contributed by atoms with Gasteiger partial charge < -0.3 is 10.2 Å². The number of amides is 2. The van der Waals surface area contributed by atoms with Gasteiger partial charge in [0.1, 0.15) is 12.6 Å². The van der Waals surface area contributed by atoms with Gasteiger partial charge in [0.2, 0.25) is 11.8 Å². The van der Waals surface area contributed by atoms with Gasteiger partial charge >= 0.3 is 0 Å². The first-order valence-electron chi connectivity index (χ1n) is 12.8. The number of hydrogen-bond acceptors (Lipinski definition) is 4. The molecule has 0 aliphatic rings. The van der Waals surface area contributed by atoms with Crippen LogP contribution in [0.2, 0.25) is 10.0 Å². The molecule has 39 heavy (non-hydrogen) atoms. The highest BCUT2D eigenvalue weighted by atomic mass is 35.5. The zero-order valence-electron chi connectivity index (χ0n) is 22.0. The Bertz CT molecular complexity index is 1360. The van der Waals surface area contributed by atoms with Gasteiger partial charge in [-0.3, -0.25) is 13.9 Å². The molecule has 0 radical (unpaired) electrons. The molecule has 0 bridgehead atoms. The van der Waals surface area contributed by atoms with E-state index in [1.165, 1.54) is 35.2 Å². The van der Waals surface area contributed by atoms with Crippen LogP contribution in [0, 0.1) is 0 Å². The number of halogens is 2. The van der Waals surface area contributed by atoms with Crippen molar-refractivity contribution in [3.63, 3.8) is 0 Å². The van der Waals surface area contributed by atoms with E-state index >= 15 is 0 Å². The number of nitrogens with one attached hydrogen (secondary N) is 1. The van der Waals surface area contributed by atoms with E-state index in [0.717, 1.165) is 22.7 Å². The second-order valence-electron chi connectivity index (χ2n) is 9.00. The number of hydrogen-bond donors (Lipinski definition) is 1. The van der Waals surface area contributed by atoms with Crippen molar-refractivity contribution in [2.45, 2.75) is 50.6 Å². The summed E-state index contributed by atoms with van der Waals surface area (Å²) < 4.78 is 28.6. The fourth-order valence-corrected chi connectivity index (χ4v) is 6.14. The van der Waals surface area contributed by atoms with Crippen molar-refractivity contribution in [1.29, 1.82) is 0 Å². The Kier molecular flexibility index (Phi) is 11.2. The van der Waals surface area contributed by atoms with Gasteiger partial charge in [-0.2, -0.15) is 0 Å². The van der Waals surface area contributed by atoms with Crippen LogP contribution in [-0.2, 0) is 26.2 Å². The summed E-state index contributed by atoms with van der Waals surface area (Å²) in [5.74, 6) is -0.820. The van der Waals surface area contributed by atoms with E-state index in [1.807, 2.05) is 44.2 Å². The normalized spacial score (nSPS) is 12.0. The molecule has 3 rings (SSSR count). The molecule has 0 fully saturated rings. The Hall–Kier alpha value is -3.07. The van der Waals surface area contributed by atoms with Crippen LogP contribution in [0.25, 0.3) is 0 Å². The zero-order valence-corrected chi connectivity index (χ0v) is 24.3. The van der Waals surface area contributed by atoms with E-state index in [0.29, 0.717) is 18.0 Å². The molecule has 0 aliphatic carbocycles. The van der Waals surface area contributed by atoms with Crippen LogP contribution in [0.15, 0.2) is 83.8 Å². The van der Waals surface area contributed by atoms with Crippen molar-refractivity contribution in [2.24, 2.45) is 0 Å². The summed E-state index contributed by atoms with van der Waals surface area (Å²) in [6, 6.07) is 20.7. The van der Waals surface area contributed by atoms with Gasteiger partial charge in [0.25, 0.3) is 10.0 Å². The lowest BCUT2D eigenvalue weighted by molar-refractivity contribution is -0.140. The Morgan fingerprint density at radius 2 is 1.56 bits per heavy atom. The van der Waals surface area contributed by atoms with Crippen LogP contribution in [0.3, 0.4) is 0 Å². The molecule has 208 valence electrons. The van der Waals surface area contributed by atoms with E-state index in [9.17, 15) is 18.0 Å². The maximum atomic E-state index is 14.0. The number of benzene rings is 3. The quantitative estimate of drug-likeness (QED) is 0.251. The van der Waals surface area contributed by atoms with Crippen LogP contribution in [0.4, 0.5) is 5.69 Å². The second-order valence-corrected chi connectivity index (χ2v) is 11.7. The van der Waals surface area contributed by atoms with Gasteiger partial charge in [0.05, 0.1) is 15.6 Å². The lowest BCUT2D eigenvalue weighted by Crippen LogP contribution is -2.52. The lowest BCUT2D eigenvalue weighted by Gasteiger charge is -2.33. The third kappa shape index (κ3) is 7.97. The molecule has 0 heterocycles. The molecular weight excluding hydrogens is 557 g/mol. The largest absolute Gasteiger partial charge is 0.354 e. The Morgan fingerprint density at radius 3 is 2.15 bits per heavy atom. The Balaban J connectivity index is 2.04. The van der Waals surface area contributed by atoms with E-state index in [-0.39, 0.29) is 28.1 Å². The van der Waals surface area contributed by atoms with Crippen LogP contribution in [0.1, 0.15) is 38.7 Å². The minimum atomic E-state index is -4.20. The number of nitrogens with zero attached hydrogens (tertiary/aromatic N) is 2. The van der Waals surface area contributed by atoms with E-state index < -0.39 is 28.5 Å². The highest BCUT2D eigenvalue weighted by Crippen LogP contribution is 2.33. The predicted molar refractivity (Wildman–Crippen MR) is 156 cm³/mol. The molecule has 0 unspecified atom stereocenters. The van der Waals surface area contributed by atoms with Gasteiger partial charge in [-0.15, -0.1) is 0 Å². The summed E-state index contributed by atoms with van der Waals surface area (Å²) in [4.78, 5) is 28.6. The molecule has 2 amide bonds. The summed E-state index contributed by atoms with van der Waals surface area (Å²) in [7, 11) is -4.20. The van der Waals surface area contributed by atoms with Crippen molar-refractivity contribution in [2.75, 3.05) is 17.4 Å². The molecule has 1 N–H and O–H groups in total. The molecular formula is C29H33Cl2N3O4S. The van der Waals surface area contributed by atoms with Crippen molar-refractivity contribution >= 4 is 50.7 Å². The van der Waals surface area contributed by atoms with Gasteiger partial charge in [-0.1, -0.05) is 92.0 Å². The summed E-state index contributed by atoms with van der Waals surface area (Å²) >= 11 is 12.5. The summed E-state index contributed by atoms with van der Waals surface area (Å²) in [6.07, 6.45) is 2.08. The van der Waals surface area contributed by atoms with Crippen molar-refractivity contribution in [1.82, 2.24) is 10.2 Å². The number of sulfonamides is 1. The predicted octanol–water partition coefficient (Wildman–Crippen LogP) is 5.91. The standard InChI is InChI=1S/C29H33Cl2N3O4S/c1-3-5-18-32-29(36)26(4-2)33(20-22-12-8-6-9-13-22)28(35)21-34(27-17-16-23(30)19-25(27)31)39(37,38)24-14-10-7-11-15-24/h6-17,19,26H,3-5,18,20-21H2,1-2H3,(H,32,36)/t26-/m1/s1. The van der Waals surface area contributed by atoms with Gasteiger partial charge in [0.15, 0.2) is 0 Å².